The molecular weight excluding hydrogens is 256 g/mol. The molecule has 0 aromatic heterocycles. The van der Waals surface area contributed by atoms with E-state index in [0.717, 1.165) is 22.6 Å². The number of nitrogens with one attached hydrogen (secondary N) is 1. The Bertz CT molecular complexity index is 549. The maximum absolute atomic E-state index is 11.7. The third-order valence-corrected chi connectivity index (χ3v) is 3.18. The number of ether oxygens (including phenoxy) is 1. The summed E-state index contributed by atoms with van der Waals surface area (Å²) in [6.07, 6.45) is 2.76. The van der Waals surface area contributed by atoms with Crippen molar-refractivity contribution in [1.29, 1.82) is 0 Å². The third-order valence-electron chi connectivity index (χ3n) is 3.18. The third kappa shape index (κ3) is 2.99. The number of nitrogens with zero attached hydrogens (tertiary/aromatic N) is 1. The van der Waals surface area contributed by atoms with Gasteiger partial charge in [0.05, 0.1) is 6.10 Å². The van der Waals surface area contributed by atoms with E-state index in [1.165, 1.54) is 7.05 Å². The fraction of sp³-hybridized carbons (Fsp3) is 0.333. The number of carbonyl (C=O) groups excluding carboxylic acids is 2. The average molecular weight is 274 g/mol. The number of benzene rings is 1. The van der Waals surface area contributed by atoms with Crippen molar-refractivity contribution in [3.63, 3.8) is 0 Å². The van der Waals surface area contributed by atoms with Crippen molar-refractivity contribution in [2.45, 2.75) is 26.4 Å². The van der Waals surface area contributed by atoms with E-state index >= 15 is 0 Å². The minimum Gasteiger partial charge on any atom is -0.491 e. The Morgan fingerprint density at radius 2 is 1.95 bits per heavy atom. The zero-order chi connectivity index (χ0) is 14.7. The van der Waals surface area contributed by atoms with Gasteiger partial charge in [-0.05, 0) is 37.1 Å². The highest BCUT2D eigenvalue weighted by Crippen LogP contribution is 2.18. The first-order valence-corrected chi connectivity index (χ1v) is 6.58. The molecule has 0 spiro atoms. The fourth-order valence-electron chi connectivity index (χ4n) is 1.75. The zero-order valence-corrected chi connectivity index (χ0v) is 11.8. The number of carbonyl (C=O) groups is 2. The molecule has 20 heavy (non-hydrogen) atoms. The summed E-state index contributed by atoms with van der Waals surface area (Å²) in [6, 6.07) is 7.00. The lowest BCUT2D eigenvalue weighted by Gasteiger charge is -2.12. The molecule has 0 radical (unpaired) electrons. The number of hydrogen-bond acceptors (Lipinski definition) is 3. The van der Waals surface area contributed by atoms with Crippen LogP contribution < -0.4 is 10.1 Å². The number of rotatable bonds is 4. The maximum atomic E-state index is 11.7. The zero-order valence-electron chi connectivity index (χ0n) is 11.8. The summed E-state index contributed by atoms with van der Waals surface area (Å²) in [7, 11) is 1.45. The maximum Gasteiger partial charge on any atom is 0.328 e. The van der Waals surface area contributed by atoms with Gasteiger partial charge in [0.25, 0.3) is 5.91 Å². The molecule has 2 rings (SSSR count). The second-order valence-electron chi connectivity index (χ2n) is 4.76. The van der Waals surface area contributed by atoms with E-state index in [0.29, 0.717) is 0 Å². The SMILES string of the molecule is CC[C@@H](C)Oc1ccc(/C=C2/NC(=O)N(C)C2=O)cc1. The van der Waals surface area contributed by atoms with Crippen molar-refractivity contribution in [2.75, 3.05) is 7.05 Å². The molecule has 1 aliphatic heterocycles. The van der Waals surface area contributed by atoms with Gasteiger partial charge >= 0.3 is 6.03 Å². The Labute approximate surface area is 118 Å². The second-order valence-corrected chi connectivity index (χ2v) is 4.76. The van der Waals surface area contributed by atoms with Gasteiger partial charge in [-0.15, -0.1) is 0 Å². The monoisotopic (exact) mass is 274 g/mol. The van der Waals surface area contributed by atoms with Crippen LogP contribution in [0.2, 0.25) is 0 Å². The smallest absolute Gasteiger partial charge is 0.328 e. The summed E-state index contributed by atoms with van der Waals surface area (Å²) in [4.78, 5) is 24.1. The predicted molar refractivity (Wildman–Crippen MR) is 76.1 cm³/mol. The van der Waals surface area contributed by atoms with Gasteiger partial charge in [-0.1, -0.05) is 19.1 Å². The summed E-state index contributed by atoms with van der Waals surface area (Å²) in [5, 5.41) is 2.53. The first-order chi connectivity index (χ1) is 9.51. The van der Waals surface area contributed by atoms with Gasteiger partial charge in [0.2, 0.25) is 0 Å². The molecule has 1 saturated heterocycles. The lowest BCUT2D eigenvalue weighted by atomic mass is 10.2. The van der Waals surface area contributed by atoms with E-state index in [4.69, 9.17) is 4.74 Å². The van der Waals surface area contributed by atoms with Crippen LogP contribution in [-0.4, -0.2) is 30.0 Å². The quantitative estimate of drug-likeness (QED) is 0.677. The van der Waals surface area contributed by atoms with Crippen LogP contribution in [0, 0.1) is 0 Å². The molecule has 1 aromatic carbocycles. The van der Waals surface area contributed by atoms with Gasteiger partial charge in [-0.3, -0.25) is 9.69 Å². The van der Waals surface area contributed by atoms with Crippen molar-refractivity contribution in [3.05, 3.63) is 35.5 Å². The van der Waals surface area contributed by atoms with E-state index in [9.17, 15) is 9.59 Å². The minimum atomic E-state index is -0.405. The van der Waals surface area contributed by atoms with Crippen LogP contribution in [0.1, 0.15) is 25.8 Å². The second kappa shape index (κ2) is 5.77. The van der Waals surface area contributed by atoms with Crippen molar-refractivity contribution >= 4 is 18.0 Å². The first kappa shape index (κ1) is 14.1. The van der Waals surface area contributed by atoms with Crippen LogP contribution >= 0.6 is 0 Å². The van der Waals surface area contributed by atoms with Gasteiger partial charge in [0.1, 0.15) is 11.4 Å². The number of likely N-dealkylation sites (N-methyl/N-ethyl adjacent to an activating group) is 1. The molecule has 1 aromatic rings. The highest BCUT2D eigenvalue weighted by molar-refractivity contribution is 6.13. The van der Waals surface area contributed by atoms with Crippen molar-refractivity contribution in [3.8, 4) is 5.75 Å². The first-order valence-electron chi connectivity index (χ1n) is 6.58. The van der Waals surface area contributed by atoms with E-state index in [-0.39, 0.29) is 17.7 Å². The molecular formula is C15H18N2O3. The number of imide groups is 1. The topological polar surface area (TPSA) is 58.6 Å². The predicted octanol–water partition coefficient (Wildman–Crippen LogP) is 2.39. The lowest BCUT2D eigenvalue weighted by molar-refractivity contribution is -0.121. The van der Waals surface area contributed by atoms with E-state index < -0.39 is 6.03 Å². The Morgan fingerprint density at radius 3 is 2.45 bits per heavy atom. The molecule has 5 nitrogen and oxygen atoms in total. The highest BCUT2D eigenvalue weighted by atomic mass is 16.5. The van der Waals surface area contributed by atoms with Crippen LogP contribution in [0.4, 0.5) is 4.79 Å². The summed E-state index contributed by atoms with van der Waals surface area (Å²) in [6.45, 7) is 4.08. The average Bonchev–Trinajstić information content (AvgIpc) is 2.68. The standard InChI is InChI=1S/C15H18N2O3/c1-4-10(2)20-12-7-5-11(6-8-12)9-13-14(18)17(3)15(19)16-13/h5-10H,4H2,1-3H3,(H,16,19)/b13-9+/t10-/m1/s1. The number of urea groups is 1. The largest absolute Gasteiger partial charge is 0.491 e. The summed E-state index contributed by atoms with van der Waals surface area (Å²) < 4.78 is 5.68. The van der Waals surface area contributed by atoms with Gasteiger partial charge in [-0.25, -0.2) is 4.79 Å². The highest BCUT2D eigenvalue weighted by Gasteiger charge is 2.29. The molecule has 5 heteroatoms. The molecule has 0 bridgehead atoms. The van der Waals surface area contributed by atoms with Crippen LogP contribution in [0.5, 0.6) is 5.75 Å². The van der Waals surface area contributed by atoms with Crippen molar-refractivity contribution in [2.24, 2.45) is 0 Å². The summed E-state index contributed by atoms with van der Waals surface area (Å²) in [5.41, 5.74) is 1.12. The molecule has 106 valence electrons. The number of hydrogen-bond donors (Lipinski definition) is 1. The van der Waals surface area contributed by atoms with E-state index in [1.54, 1.807) is 6.08 Å². The van der Waals surface area contributed by atoms with Crippen molar-refractivity contribution in [1.82, 2.24) is 10.2 Å². The van der Waals surface area contributed by atoms with Crippen LogP contribution in [0.3, 0.4) is 0 Å². The molecule has 0 saturated carbocycles. The Morgan fingerprint density at radius 1 is 1.30 bits per heavy atom. The van der Waals surface area contributed by atoms with Gasteiger partial charge in [0, 0.05) is 7.05 Å². The minimum absolute atomic E-state index is 0.170. The molecule has 3 amide bonds. The van der Waals surface area contributed by atoms with Crippen LogP contribution in [0.25, 0.3) is 6.08 Å². The lowest BCUT2D eigenvalue weighted by Crippen LogP contribution is -2.25. The van der Waals surface area contributed by atoms with Gasteiger partial charge in [-0.2, -0.15) is 0 Å². The van der Waals surface area contributed by atoms with Crippen LogP contribution in [-0.2, 0) is 4.79 Å². The molecule has 1 aliphatic rings. The van der Waals surface area contributed by atoms with Gasteiger partial charge < -0.3 is 10.1 Å². The molecule has 1 heterocycles. The fourth-order valence-corrected chi connectivity index (χ4v) is 1.75. The molecule has 0 aliphatic carbocycles. The molecule has 0 unspecified atom stereocenters. The Hall–Kier alpha value is -2.30. The molecule has 1 atom stereocenters. The number of amides is 3. The van der Waals surface area contributed by atoms with E-state index in [2.05, 4.69) is 12.2 Å². The Balaban J connectivity index is 2.11. The normalized spacial score (nSPS) is 18.4. The molecule has 1 fully saturated rings. The van der Waals surface area contributed by atoms with Crippen molar-refractivity contribution < 1.29 is 14.3 Å². The molecule has 1 N–H and O–H groups in total. The van der Waals surface area contributed by atoms with Gasteiger partial charge in [0.15, 0.2) is 0 Å². The van der Waals surface area contributed by atoms with Crippen LogP contribution in [0.15, 0.2) is 30.0 Å². The Kier molecular flexibility index (Phi) is 4.08. The summed E-state index contributed by atoms with van der Waals surface area (Å²) >= 11 is 0. The van der Waals surface area contributed by atoms with E-state index in [1.807, 2.05) is 31.2 Å². The summed E-state index contributed by atoms with van der Waals surface area (Å²) in [5.74, 6) is 0.468.